The fourth-order valence-corrected chi connectivity index (χ4v) is 1.86. The molecule has 2 rings (SSSR count). The minimum absolute atomic E-state index is 0.0479. The normalized spacial score (nSPS) is 10.8. The second-order valence-corrected chi connectivity index (χ2v) is 5.09. The van der Waals surface area contributed by atoms with Crippen molar-refractivity contribution in [2.75, 3.05) is 7.11 Å². The number of ether oxygens (including phenoxy) is 2. The molecule has 26 heavy (non-hydrogen) atoms. The topological polar surface area (TPSA) is 68.9 Å². The summed E-state index contributed by atoms with van der Waals surface area (Å²) in [5, 5.41) is 3.62. The Balaban J connectivity index is 2.39. The zero-order valence-electron chi connectivity index (χ0n) is 12.9. The Kier molecular flexibility index (Phi) is 5.93. The standard InChI is InChI=1S/C15H10F5N3O2S/c1-24-8-4-6(5-22-23-15(21)26)2-3-7(8)25-14-12(19)10(17)9(16)11(18)13(14)20/h2-5H,1H3,(H3,21,23,26)/b22-5-. The highest BCUT2D eigenvalue weighted by Crippen LogP contribution is 2.37. The minimum atomic E-state index is -2.28. The fraction of sp³-hybridized carbons (Fsp3) is 0.0667. The molecule has 0 aliphatic rings. The van der Waals surface area contributed by atoms with Crippen LogP contribution in [0.15, 0.2) is 23.3 Å². The first-order valence-electron chi connectivity index (χ1n) is 6.72. The molecule has 3 N–H and O–H groups in total. The van der Waals surface area contributed by atoms with Crippen LogP contribution in [0.25, 0.3) is 0 Å². The zero-order valence-corrected chi connectivity index (χ0v) is 13.8. The number of rotatable bonds is 5. The molecule has 0 radical (unpaired) electrons. The van der Waals surface area contributed by atoms with Crippen molar-refractivity contribution in [1.29, 1.82) is 0 Å². The van der Waals surface area contributed by atoms with Crippen LogP contribution in [0.5, 0.6) is 17.2 Å². The van der Waals surface area contributed by atoms with Gasteiger partial charge >= 0.3 is 0 Å². The van der Waals surface area contributed by atoms with Crippen molar-refractivity contribution in [3.05, 3.63) is 52.8 Å². The van der Waals surface area contributed by atoms with Crippen LogP contribution in [0.4, 0.5) is 22.0 Å². The summed E-state index contributed by atoms with van der Waals surface area (Å²) in [5.74, 6) is -12.5. The molecule has 2 aromatic carbocycles. The van der Waals surface area contributed by atoms with Crippen molar-refractivity contribution in [3.8, 4) is 17.2 Å². The molecule has 138 valence electrons. The Hall–Kier alpha value is -2.95. The second kappa shape index (κ2) is 7.95. The summed E-state index contributed by atoms with van der Waals surface area (Å²) in [4.78, 5) is 0. The smallest absolute Gasteiger partial charge is 0.207 e. The second-order valence-electron chi connectivity index (χ2n) is 4.65. The lowest BCUT2D eigenvalue weighted by molar-refractivity contribution is 0.321. The fourth-order valence-electron chi connectivity index (χ4n) is 1.80. The highest BCUT2D eigenvalue weighted by atomic mass is 32.1. The number of hydrogen-bond acceptors (Lipinski definition) is 4. The highest BCUT2D eigenvalue weighted by molar-refractivity contribution is 7.80. The summed E-state index contributed by atoms with van der Waals surface area (Å²) in [6, 6.07) is 3.92. The number of thiocarbonyl (C=S) groups is 1. The number of methoxy groups -OCH3 is 1. The van der Waals surface area contributed by atoms with Gasteiger partial charge in [0.25, 0.3) is 0 Å². The molecule has 0 saturated carbocycles. The van der Waals surface area contributed by atoms with Gasteiger partial charge in [-0.15, -0.1) is 0 Å². The van der Waals surface area contributed by atoms with E-state index in [0.717, 1.165) is 0 Å². The zero-order chi connectivity index (χ0) is 19.4. The van der Waals surface area contributed by atoms with Gasteiger partial charge in [-0.05, 0) is 36.0 Å². The molecule has 11 heteroatoms. The molecular weight excluding hydrogens is 381 g/mol. The van der Waals surface area contributed by atoms with Gasteiger partial charge in [0.05, 0.1) is 13.3 Å². The number of halogens is 5. The molecular formula is C15H10F5N3O2S. The summed E-state index contributed by atoms with van der Waals surface area (Å²) >= 11 is 4.56. The van der Waals surface area contributed by atoms with Gasteiger partial charge in [0.1, 0.15) is 0 Å². The van der Waals surface area contributed by atoms with E-state index < -0.39 is 34.8 Å². The lowest BCUT2D eigenvalue weighted by Crippen LogP contribution is -2.23. The van der Waals surface area contributed by atoms with E-state index >= 15 is 0 Å². The molecule has 5 nitrogen and oxygen atoms in total. The third kappa shape index (κ3) is 3.99. The molecule has 0 spiro atoms. The Labute approximate surface area is 149 Å². The molecule has 0 aliphatic carbocycles. The van der Waals surface area contributed by atoms with Crippen LogP contribution >= 0.6 is 12.2 Å². The Bertz CT molecular complexity index is 863. The number of hydrazone groups is 1. The predicted octanol–water partition coefficient (Wildman–Crippen LogP) is 3.35. The van der Waals surface area contributed by atoms with Gasteiger partial charge < -0.3 is 15.2 Å². The van der Waals surface area contributed by atoms with Gasteiger partial charge in [0, 0.05) is 0 Å². The highest BCUT2D eigenvalue weighted by Gasteiger charge is 2.28. The van der Waals surface area contributed by atoms with Crippen molar-refractivity contribution in [1.82, 2.24) is 5.43 Å². The summed E-state index contributed by atoms with van der Waals surface area (Å²) in [7, 11) is 1.22. The lowest BCUT2D eigenvalue weighted by Gasteiger charge is -2.13. The summed E-state index contributed by atoms with van der Waals surface area (Å²) < 4.78 is 76.8. The predicted molar refractivity (Wildman–Crippen MR) is 86.8 cm³/mol. The first kappa shape index (κ1) is 19.4. The lowest BCUT2D eigenvalue weighted by atomic mass is 10.2. The molecule has 0 saturated heterocycles. The number of nitrogens with one attached hydrogen (secondary N) is 1. The first-order valence-corrected chi connectivity index (χ1v) is 7.13. The number of nitrogens with zero attached hydrogens (tertiary/aromatic N) is 1. The SMILES string of the molecule is COc1cc(/C=N\NC(N)=S)ccc1Oc1c(F)c(F)c(F)c(F)c1F. The van der Waals surface area contributed by atoms with Gasteiger partial charge in [0.15, 0.2) is 16.6 Å². The maximum absolute atomic E-state index is 13.7. The van der Waals surface area contributed by atoms with Crippen LogP contribution in [0.3, 0.4) is 0 Å². The van der Waals surface area contributed by atoms with Crippen molar-refractivity contribution < 1.29 is 31.4 Å². The van der Waals surface area contributed by atoms with Gasteiger partial charge in [-0.1, -0.05) is 0 Å². The van der Waals surface area contributed by atoms with Crippen LogP contribution in [0.1, 0.15) is 5.56 Å². The molecule has 0 heterocycles. The van der Waals surface area contributed by atoms with Gasteiger partial charge in [-0.2, -0.15) is 13.9 Å². The van der Waals surface area contributed by atoms with Gasteiger partial charge in [0.2, 0.25) is 34.8 Å². The molecule has 0 bridgehead atoms. The summed E-state index contributed by atoms with van der Waals surface area (Å²) in [6.07, 6.45) is 1.30. The monoisotopic (exact) mass is 391 g/mol. The van der Waals surface area contributed by atoms with E-state index in [9.17, 15) is 22.0 Å². The molecule has 2 aromatic rings. The van der Waals surface area contributed by atoms with E-state index in [1.807, 2.05) is 0 Å². The van der Waals surface area contributed by atoms with E-state index in [1.165, 1.54) is 31.5 Å². The average molecular weight is 391 g/mol. The van der Waals surface area contributed by atoms with Crippen LogP contribution in [-0.2, 0) is 0 Å². The Morgan fingerprint density at radius 1 is 1.04 bits per heavy atom. The van der Waals surface area contributed by atoms with Crippen molar-refractivity contribution in [2.45, 2.75) is 0 Å². The van der Waals surface area contributed by atoms with Crippen molar-refractivity contribution in [2.24, 2.45) is 10.8 Å². The average Bonchev–Trinajstić information content (AvgIpc) is 2.62. The molecule has 0 aliphatic heterocycles. The maximum Gasteiger partial charge on any atom is 0.207 e. The molecule has 0 atom stereocenters. The maximum atomic E-state index is 13.7. The molecule has 0 unspecified atom stereocenters. The van der Waals surface area contributed by atoms with E-state index in [1.54, 1.807) is 0 Å². The minimum Gasteiger partial charge on any atom is -0.493 e. The van der Waals surface area contributed by atoms with E-state index in [2.05, 4.69) is 22.7 Å². The number of nitrogens with two attached hydrogens (primary N) is 1. The first-order chi connectivity index (χ1) is 12.3. The third-order valence-corrected chi connectivity index (χ3v) is 3.05. The van der Waals surface area contributed by atoms with Gasteiger partial charge in [-0.25, -0.2) is 13.2 Å². The van der Waals surface area contributed by atoms with E-state index in [4.69, 9.17) is 15.2 Å². The third-order valence-electron chi connectivity index (χ3n) is 2.96. The largest absolute Gasteiger partial charge is 0.493 e. The molecule has 0 aromatic heterocycles. The quantitative estimate of drug-likeness (QED) is 0.204. The van der Waals surface area contributed by atoms with Crippen LogP contribution in [0.2, 0.25) is 0 Å². The number of benzene rings is 2. The summed E-state index contributed by atoms with van der Waals surface area (Å²) in [5.41, 5.74) is 7.94. The van der Waals surface area contributed by atoms with Gasteiger partial charge in [-0.3, -0.25) is 5.43 Å². The number of hydrogen-bond donors (Lipinski definition) is 2. The van der Waals surface area contributed by atoms with Crippen LogP contribution < -0.4 is 20.6 Å². The van der Waals surface area contributed by atoms with Crippen molar-refractivity contribution >= 4 is 23.5 Å². The van der Waals surface area contributed by atoms with E-state index in [0.29, 0.717) is 5.56 Å². The van der Waals surface area contributed by atoms with Crippen LogP contribution in [0, 0.1) is 29.1 Å². The molecule has 0 fully saturated rings. The summed E-state index contributed by atoms with van der Waals surface area (Å²) in [6.45, 7) is 0. The van der Waals surface area contributed by atoms with Crippen LogP contribution in [-0.4, -0.2) is 18.4 Å². The Morgan fingerprint density at radius 2 is 1.62 bits per heavy atom. The Morgan fingerprint density at radius 3 is 2.15 bits per heavy atom. The molecule has 0 amide bonds. The van der Waals surface area contributed by atoms with E-state index in [-0.39, 0.29) is 16.6 Å². The van der Waals surface area contributed by atoms with Crippen molar-refractivity contribution in [3.63, 3.8) is 0 Å².